The minimum absolute atomic E-state index is 0.0637. The number of halogens is 1. The SMILES string of the molecule is CO[C@@H]1C(c2ccc(C#N)c(Cl)c2C)=NN2C[C@H](O)C[C@@H]12. The summed E-state index contributed by atoms with van der Waals surface area (Å²) >= 11 is 6.24. The molecule has 110 valence electrons. The molecule has 0 bridgehead atoms. The lowest BCUT2D eigenvalue weighted by Crippen LogP contribution is -2.35. The normalized spacial score (nSPS) is 27.5. The number of aliphatic hydroxyl groups is 1. The Morgan fingerprint density at radius 3 is 2.95 bits per heavy atom. The van der Waals surface area contributed by atoms with Gasteiger partial charge in [-0.15, -0.1) is 0 Å². The molecule has 6 heteroatoms. The number of rotatable bonds is 2. The Morgan fingerprint density at radius 1 is 1.52 bits per heavy atom. The molecule has 2 aliphatic rings. The molecule has 21 heavy (non-hydrogen) atoms. The van der Waals surface area contributed by atoms with Gasteiger partial charge in [-0.2, -0.15) is 10.4 Å². The van der Waals surface area contributed by atoms with Crippen LogP contribution in [0.2, 0.25) is 5.02 Å². The summed E-state index contributed by atoms with van der Waals surface area (Å²) in [5, 5.41) is 25.7. The van der Waals surface area contributed by atoms with Gasteiger partial charge in [0.2, 0.25) is 0 Å². The van der Waals surface area contributed by atoms with Crippen LogP contribution in [0.1, 0.15) is 23.1 Å². The zero-order valence-electron chi connectivity index (χ0n) is 11.9. The summed E-state index contributed by atoms with van der Waals surface area (Å²) in [5.74, 6) is 0. The first kappa shape index (κ1) is 14.3. The van der Waals surface area contributed by atoms with E-state index >= 15 is 0 Å². The van der Waals surface area contributed by atoms with E-state index in [1.807, 2.05) is 18.0 Å². The molecule has 1 fully saturated rings. The van der Waals surface area contributed by atoms with Crippen LogP contribution in [-0.4, -0.2) is 47.7 Å². The highest BCUT2D eigenvalue weighted by atomic mass is 35.5. The molecule has 0 spiro atoms. The van der Waals surface area contributed by atoms with Crippen molar-refractivity contribution in [2.75, 3.05) is 13.7 Å². The number of benzene rings is 1. The first-order valence-corrected chi connectivity index (χ1v) is 7.20. The third kappa shape index (κ3) is 2.20. The van der Waals surface area contributed by atoms with Crippen LogP contribution in [0.4, 0.5) is 0 Å². The number of hydrazone groups is 1. The molecule has 0 aromatic heterocycles. The van der Waals surface area contributed by atoms with Gasteiger partial charge in [0, 0.05) is 19.1 Å². The molecule has 2 heterocycles. The lowest BCUT2D eigenvalue weighted by Gasteiger charge is -2.20. The van der Waals surface area contributed by atoms with Crippen LogP contribution < -0.4 is 0 Å². The van der Waals surface area contributed by atoms with E-state index < -0.39 is 0 Å². The maximum atomic E-state index is 9.75. The monoisotopic (exact) mass is 305 g/mol. The second-order valence-electron chi connectivity index (χ2n) is 5.43. The van der Waals surface area contributed by atoms with E-state index in [1.165, 1.54) is 0 Å². The van der Waals surface area contributed by atoms with E-state index in [0.717, 1.165) is 16.8 Å². The largest absolute Gasteiger partial charge is 0.391 e. The molecule has 3 rings (SSSR count). The summed E-state index contributed by atoms with van der Waals surface area (Å²) in [5.41, 5.74) is 3.01. The molecule has 1 N–H and O–H groups in total. The van der Waals surface area contributed by atoms with Gasteiger partial charge in [0.05, 0.1) is 35.0 Å². The molecule has 0 saturated carbocycles. The fourth-order valence-corrected chi connectivity index (χ4v) is 3.33. The molecule has 0 unspecified atom stereocenters. The van der Waals surface area contributed by atoms with Gasteiger partial charge in [-0.1, -0.05) is 17.7 Å². The first-order valence-electron chi connectivity index (χ1n) is 6.82. The van der Waals surface area contributed by atoms with Crippen LogP contribution in [0.15, 0.2) is 17.2 Å². The Bertz CT molecular complexity index is 653. The van der Waals surface area contributed by atoms with Crippen molar-refractivity contribution >= 4 is 17.3 Å². The second-order valence-corrected chi connectivity index (χ2v) is 5.81. The number of fused-ring (bicyclic) bond motifs is 1. The lowest BCUT2D eigenvalue weighted by molar-refractivity contribution is 0.0982. The Labute approximate surface area is 128 Å². The van der Waals surface area contributed by atoms with Crippen LogP contribution in [0, 0.1) is 18.3 Å². The maximum Gasteiger partial charge on any atom is 0.123 e. The second kappa shape index (κ2) is 5.30. The van der Waals surface area contributed by atoms with E-state index in [2.05, 4.69) is 11.2 Å². The van der Waals surface area contributed by atoms with Crippen LogP contribution in [-0.2, 0) is 4.74 Å². The van der Waals surface area contributed by atoms with Gasteiger partial charge in [0.1, 0.15) is 12.2 Å². The Morgan fingerprint density at radius 2 is 2.29 bits per heavy atom. The molecule has 1 saturated heterocycles. The van der Waals surface area contributed by atoms with Crippen molar-refractivity contribution in [2.24, 2.45) is 5.10 Å². The number of nitrogens with zero attached hydrogens (tertiary/aromatic N) is 3. The molecular formula is C15H16ClN3O2. The van der Waals surface area contributed by atoms with Gasteiger partial charge in [-0.05, 0) is 18.6 Å². The van der Waals surface area contributed by atoms with Gasteiger partial charge in [-0.3, -0.25) is 5.01 Å². The van der Waals surface area contributed by atoms with Crippen molar-refractivity contribution in [3.8, 4) is 6.07 Å². The smallest absolute Gasteiger partial charge is 0.123 e. The zero-order valence-corrected chi connectivity index (χ0v) is 12.6. The third-order valence-electron chi connectivity index (χ3n) is 4.19. The van der Waals surface area contributed by atoms with E-state index in [9.17, 15) is 5.11 Å². The van der Waals surface area contributed by atoms with E-state index in [0.29, 0.717) is 23.6 Å². The van der Waals surface area contributed by atoms with Crippen molar-refractivity contribution in [2.45, 2.75) is 31.6 Å². The van der Waals surface area contributed by atoms with Crippen molar-refractivity contribution in [1.29, 1.82) is 5.26 Å². The predicted molar refractivity (Wildman–Crippen MR) is 79.4 cm³/mol. The van der Waals surface area contributed by atoms with E-state index in [4.69, 9.17) is 21.6 Å². The first-order chi connectivity index (χ1) is 10.1. The number of hydrogen-bond acceptors (Lipinski definition) is 5. The van der Waals surface area contributed by atoms with E-state index in [-0.39, 0.29) is 18.2 Å². The third-order valence-corrected chi connectivity index (χ3v) is 4.67. The highest BCUT2D eigenvalue weighted by Crippen LogP contribution is 2.33. The molecule has 1 aromatic rings. The molecule has 0 aliphatic carbocycles. The fourth-order valence-electron chi connectivity index (χ4n) is 3.12. The van der Waals surface area contributed by atoms with Crippen molar-refractivity contribution < 1.29 is 9.84 Å². The van der Waals surface area contributed by atoms with Gasteiger partial charge >= 0.3 is 0 Å². The Kier molecular flexibility index (Phi) is 3.62. The highest BCUT2D eigenvalue weighted by molar-refractivity contribution is 6.33. The van der Waals surface area contributed by atoms with Gasteiger partial charge < -0.3 is 9.84 Å². The van der Waals surface area contributed by atoms with Gasteiger partial charge in [0.15, 0.2) is 0 Å². The fraction of sp³-hybridized carbons (Fsp3) is 0.467. The summed E-state index contributed by atoms with van der Waals surface area (Å²) in [7, 11) is 1.65. The number of ether oxygens (including phenoxy) is 1. The molecule has 3 atom stereocenters. The average Bonchev–Trinajstić information content (AvgIpc) is 2.97. The Hall–Kier alpha value is -1.61. The van der Waals surface area contributed by atoms with Gasteiger partial charge in [-0.25, -0.2) is 0 Å². The number of aliphatic hydroxyl groups excluding tert-OH is 1. The summed E-state index contributed by atoms with van der Waals surface area (Å²) in [6.45, 7) is 2.41. The molecular weight excluding hydrogens is 290 g/mol. The minimum Gasteiger partial charge on any atom is -0.391 e. The zero-order chi connectivity index (χ0) is 15.1. The van der Waals surface area contributed by atoms with Crippen LogP contribution in [0.25, 0.3) is 0 Å². The number of hydrogen-bond donors (Lipinski definition) is 1. The minimum atomic E-state index is -0.358. The van der Waals surface area contributed by atoms with Crippen LogP contribution in [0.3, 0.4) is 0 Å². The molecule has 0 radical (unpaired) electrons. The molecule has 5 nitrogen and oxygen atoms in total. The summed E-state index contributed by atoms with van der Waals surface area (Å²) in [6.07, 6.45) is 0.0997. The molecule has 0 amide bonds. The molecule has 1 aromatic carbocycles. The average molecular weight is 306 g/mol. The van der Waals surface area contributed by atoms with Gasteiger partial charge in [0.25, 0.3) is 0 Å². The number of methoxy groups -OCH3 is 1. The quantitative estimate of drug-likeness (QED) is 0.903. The highest BCUT2D eigenvalue weighted by Gasteiger charge is 2.44. The summed E-state index contributed by atoms with van der Waals surface area (Å²) < 4.78 is 5.60. The summed E-state index contributed by atoms with van der Waals surface area (Å²) in [4.78, 5) is 0. The van der Waals surface area contributed by atoms with E-state index in [1.54, 1.807) is 13.2 Å². The van der Waals surface area contributed by atoms with Crippen molar-refractivity contribution in [1.82, 2.24) is 5.01 Å². The molecule has 2 aliphatic heterocycles. The topological polar surface area (TPSA) is 68.8 Å². The summed E-state index contributed by atoms with van der Waals surface area (Å²) in [6, 6.07) is 5.71. The number of nitriles is 1. The van der Waals surface area contributed by atoms with Crippen molar-refractivity contribution in [3.05, 3.63) is 33.8 Å². The van der Waals surface area contributed by atoms with Crippen LogP contribution in [0.5, 0.6) is 0 Å². The lowest BCUT2D eigenvalue weighted by atomic mass is 9.95. The Balaban J connectivity index is 2.03. The standard InChI is InChI=1S/C15H16ClN3O2/c1-8-11(4-3-9(6-17)13(8)16)14-15(21-2)12-5-10(20)7-19(12)18-14/h3-4,10,12,15,20H,5,7H2,1-2H3/t10-,12+,15+/m1/s1. The van der Waals surface area contributed by atoms with Crippen molar-refractivity contribution in [3.63, 3.8) is 0 Å². The predicted octanol–water partition coefficient (Wildman–Crippen LogP) is 1.69. The maximum absolute atomic E-state index is 9.75. The van der Waals surface area contributed by atoms with Crippen LogP contribution >= 0.6 is 11.6 Å².